The van der Waals surface area contributed by atoms with Crippen LogP contribution in [0.1, 0.15) is 10.6 Å². The maximum Gasteiger partial charge on any atom is 0.376 e. The highest BCUT2D eigenvalue weighted by Gasteiger charge is 2.08. The lowest BCUT2D eigenvalue weighted by Gasteiger charge is -2.00. The van der Waals surface area contributed by atoms with E-state index in [1.165, 1.54) is 7.11 Å². The average molecular weight is 215 g/mol. The maximum absolute atomic E-state index is 11.1. The van der Waals surface area contributed by atoms with E-state index < -0.39 is 5.97 Å². The van der Waals surface area contributed by atoms with Crippen LogP contribution in [-0.4, -0.2) is 28.0 Å². The number of nitrogens with zero attached hydrogens (tertiary/aromatic N) is 3. The number of aromatic nitrogens is 3. The number of methoxy groups -OCH3 is 1. The molecule has 0 unspecified atom stereocenters. The molecule has 2 rings (SSSR count). The Kier molecular flexibility index (Phi) is 2.86. The van der Waals surface area contributed by atoms with Gasteiger partial charge in [-0.25, -0.2) is 14.8 Å². The Hall–Kier alpha value is -2.30. The average Bonchev–Trinajstić information content (AvgIpc) is 2.39. The normalized spacial score (nSPS) is 9.81. The molecule has 0 N–H and O–H groups in total. The highest BCUT2D eigenvalue weighted by molar-refractivity contribution is 5.85. The van der Waals surface area contributed by atoms with E-state index >= 15 is 0 Å². The van der Waals surface area contributed by atoms with E-state index in [0.29, 0.717) is 0 Å². The van der Waals surface area contributed by atoms with Crippen molar-refractivity contribution in [2.45, 2.75) is 0 Å². The van der Waals surface area contributed by atoms with Crippen molar-refractivity contribution in [2.75, 3.05) is 7.11 Å². The fraction of sp³-hybridized carbons (Fsp3) is 0.0909. The highest BCUT2D eigenvalue weighted by Crippen LogP contribution is 2.15. The van der Waals surface area contributed by atoms with Crippen LogP contribution in [0.4, 0.5) is 0 Å². The number of rotatable bonds is 2. The summed E-state index contributed by atoms with van der Waals surface area (Å²) < 4.78 is 4.51. The third-order valence-electron chi connectivity index (χ3n) is 2.03. The third kappa shape index (κ3) is 2.03. The topological polar surface area (TPSA) is 65.0 Å². The van der Waals surface area contributed by atoms with Gasteiger partial charge in [0.25, 0.3) is 0 Å². The monoisotopic (exact) mass is 215 g/mol. The van der Waals surface area contributed by atoms with E-state index in [0.717, 1.165) is 11.1 Å². The molecule has 80 valence electrons. The summed E-state index contributed by atoms with van der Waals surface area (Å²) in [5.74, 6) is -0.485. The molecule has 0 spiro atoms. The summed E-state index contributed by atoms with van der Waals surface area (Å²) >= 11 is 0. The molecule has 0 saturated carbocycles. The van der Waals surface area contributed by atoms with Gasteiger partial charge in [0.1, 0.15) is 0 Å². The summed E-state index contributed by atoms with van der Waals surface area (Å²) in [6.45, 7) is 0. The molecule has 2 aromatic rings. The minimum Gasteiger partial charge on any atom is -0.463 e. The van der Waals surface area contributed by atoms with E-state index in [-0.39, 0.29) is 5.82 Å². The lowest BCUT2D eigenvalue weighted by atomic mass is 10.1. The quantitative estimate of drug-likeness (QED) is 0.707. The Morgan fingerprint density at radius 3 is 2.31 bits per heavy atom. The minimum absolute atomic E-state index is 0.0558. The van der Waals surface area contributed by atoms with Gasteiger partial charge in [-0.2, -0.15) is 0 Å². The fourth-order valence-electron chi connectivity index (χ4n) is 1.22. The first-order valence-electron chi connectivity index (χ1n) is 4.62. The third-order valence-corrected chi connectivity index (χ3v) is 2.03. The predicted molar refractivity (Wildman–Crippen MR) is 56.6 cm³/mol. The second-order valence-electron chi connectivity index (χ2n) is 3.02. The Balaban J connectivity index is 2.30. The van der Waals surface area contributed by atoms with Gasteiger partial charge in [-0.1, -0.05) is 0 Å². The zero-order valence-corrected chi connectivity index (χ0v) is 8.62. The van der Waals surface area contributed by atoms with Gasteiger partial charge < -0.3 is 4.74 Å². The minimum atomic E-state index is -0.540. The molecule has 0 radical (unpaired) electrons. The van der Waals surface area contributed by atoms with Crippen molar-refractivity contribution in [1.82, 2.24) is 15.0 Å². The molecular formula is C11H9N3O2. The summed E-state index contributed by atoms with van der Waals surface area (Å²) in [6.07, 6.45) is 6.52. The first kappa shape index (κ1) is 10.2. The Morgan fingerprint density at radius 1 is 1.12 bits per heavy atom. The van der Waals surface area contributed by atoms with Crippen molar-refractivity contribution < 1.29 is 9.53 Å². The second kappa shape index (κ2) is 4.48. The molecule has 16 heavy (non-hydrogen) atoms. The van der Waals surface area contributed by atoms with Crippen LogP contribution in [0.15, 0.2) is 36.9 Å². The van der Waals surface area contributed by atoms with Crippen LogP contribution in [0.3, 0.4) is 0 Å². The summed E-state index contributed by atoms with van der Waals surface area (Å²) in [5, 5.41) is 0. The van der Waals surface area contributed by atoms with Crippen LogP contribution in [0, 0.1) is 0 Å². The molecule has 0 aliphatic rings. The highest BCUT2D eigenvalue weighted by atomic mass is 16.5. The lowest BCUT2D eigenvalue weighted by molar-refractivity contribution is 0.0586. The molecular weight excluding hydrogens is 206 g/mol. The molecule has 2 heterocycles. The molecule has 0 amide bonds. The van der Waals surface area contributed by atoms with E-state index in [9.17, 15) is 4.79 Å². The van der Waals surface area contributed by atoms with Crippen LogP contribution >= 0.6 is 0 Å². The van der Waals surface area contributed by atoms with Gasteiger partial charge in [-0.3, -0.25) is 4.98 Å². The molecule has 0 saturated heterocycles. The summed E-state index contributed by atoms with van der Waals surface area (Å²) in [7, 11) is 1.29. The van der Waals surface area contributed by atoms with Gasteiger partial charge in [0.2, 0.25) is 5.82 Å². The predicted octanol–water partition coefficient (Wildman–Crippen LogP) is 1.33. The van der Waals surface area contributed by atoms with Crippen molar-refractivity contribution in [3.63, 3.8) is 0 Å². The number of esters is 1. The molecule has 5 nitrogen and oxygen atoms in total. The van der Waals surface area contributed by atoms with Crippen LogP contribution in [0.5, 0.6) is 0 Å². The van der Waals surface area contributed by atoms with Crippen molar-refractivity contribution in [3.05, 3.63) is 42.7 Å². The van der Waals surface area contributed by atoms with E-state index in [4.69, 9.17) is 0 Å². The van der Waals surface area contributed by atoms with Crippen LogP contribution in [0.25, 0.3) is 11.1 Å². The van der Waals surface area contributed by atoms with Crippen LogP contribution in [0.2, 0.25) is 0 Å². The zero-order valence-electron chi connectivity index (χ0n) is 8.62. The molecule has 5 heteroatoms. The Labute approximate surface area is 92.2 Å². The summed E-state index contributed by atoms with van der Waals surface area (Å²) in [6, 6.07) is 3.69. The number of carbonyl (C=O) groups is 1. The van der Waals surface area contributed by atoms with Crippen LogP contribution < -0.4 is 0 Å². The van der Waals surface area contributed by atoms with Crippen molar-refractivity contribution >= 4 is 5.97 Å². The van der Waals surface area contributed by atoms with Crippen molar-refractivity contribution in [3.8, 4) is 11.1 Å². The SMILES string of the molecule is COC(=O)c1ncc(-c2ccncc2)cn1. The first-order chi connectivity index (χ1) is 7.81. The number of hydrogen-bond acceptors (Lipinski definition) is 5. The van der Waals surface area contributed by atoms with Gasteiger partial charge in [0.15, 0.2) is 0 Å². The van der Waals surface area contributed by atoms with Gasteiger partial charge in [0, 0.05) is 30.4 Å². The number of pyridine rings is 1. The van der Waals surface area contributed by atoms with Gasteiger partial charge in [-0.05, 0) is 17.7 Å². The number of carbonyl (C=O) groups excluding carboxylic acids is 1. The second-order valence-corrected chi connectivity index (χ2v) is 3.02. The molecule has 0 fully saturated rings. The molecule has 0 bridgehead atoms. The lowest BCUT2D eigenvalue weighted by Crippen LogP contribution is -2.06. The maximum atomic E-state index is 11.1. The molecule has 2 aromatic heterocycles. The smallest absolute Gasteiger partial charge is 0.376 e. The summed E-state index contributed by atoms with van der Waals surface area (Å²) in [5.41, 5.74) is 1.78. The molecule has 0 aliphatic carbocycles. The molecule has 0 aliphatic heterocycles. The van der Waals surface area contributed by atoms with Gasteiger partial charge in [0.05, 0.1) is 7.11 Å². The Bertz CT molecular complexity index is 482. The summed E-state index contributed by atoms with van der Waals surface area (Å²) in [4.78, 5) is 22.9. The standard InChI is InChI=1S/C11H9N3O2/c1-16-11(15)10-13-6-9(7-14-10)8-2-4-12-5-3-8/h2-7H,1H3. The van der Waals surface area contributed by atoms with Crippen molar-refractivity contribution in [1.29, 1.82) is 0 Å². The van der Waals surface area contributed by atoms with Crippen molar-refractivity contribution in [2.24, 2.45) is 0 Å². The number of ether oxygens (including phenoxy) is 1. The first-order valence-corrected chi connectivity index (χ1v) is 4.62. The number of hydrogen-bond donors (Lipinski definition) is 0. The van der Waals surface area contributed by atoms with Crippen LogP contribution in [-0.2, 0) is 4.74 Å². The molecule has 0 atom stereocenters. The largest absolute Gasteiger partial charge is 0.463 e. The van der Waals surface area contributed by atoms with E-state index in [2.05, 4.69) is 19.7 Å². The van der Waals surface area contributed by atoms with E-state index in [1.54, 1.807) is 24.8 Å². The van der Waals surface area contributed by atoms with Gasteiger partial charge in [-0.15, -0.1) is 0 Å². The fourth-order valence-corrected chi connectivity index (χ4v) is 1.22. The van der Waals surface area contributed by atoms with E-state index in [1.807, 2.05) is 12.1 Å². The van der Waals surface area contributed by atoms with Gasteiger partial charge >= 0.3 is 5.97 Å². The zero-order chi connectivity index (χ0) is 11.4. The molecule has 0 aromatic carbocycles. The Morgan fingerprint density at radius 2 is 1.75 bits per heavy atom.